The molecule has 2 rings (SSSR count). The molecule has 0 aromatic heterocycles. The van der Waals surface area contributed by atoms with Gasteiger partial charge in [0.2, 0.25) is 10.0 Å². The quantitative estimate of drug-likeness (QED) is 0.792. The first-order valence-electron chi connectivity index (χ1n) is 6.90. The molecule has 1 fully saturated rings. The molecule has 0 bridgehead atoms. The lowest BCUT2D eigenvalue weighted by Gasteiger charge is -2.24. The fraction of sp³-hybridized carbons (Fsp3) is 0.571. The number of methoxy groups -OCH3 is 1. The van der Waals surface area contributed by atoms with Gasteiger partial charge in [-0.3, -0.25) is 4.90 Å². The van der Waals surface area contributed by atoms with Gasteiger partial charge in [0, 0.05) is 25.7 Å². The van der Waals surface area contributed by atoms with E-state index in [2.05, 4.69) is 9.62 Å². The van der Waals surface area contributed by atoms with E-state index >= 15 is 0 Å². The van der Waals surface area contributed by atoms with Crippen molar-refractivity contribution in [3.05, 3.63) is 29.8 Å². The molecule has 0 spiro atoms. The number of sulfonamides is 1. The highest BCUT2D eigenvalue weighted by atomic mass is 32.2. The third kappa shape index (κ3) is 4.67. The molecular formula is C14H22N2O4S. The molecule has 6 nitrogen and oxygen atoms in total. The number of nitrogens with zero attached hydrogens (tertiary/aromatic N) is 1. The van der Waals surface area contributed by atoms with E-state index in [0.717, 1.165) is 17.6 Å². The highest BCUT2D eigenvalue weighted by molar-refractivity contribution is 7.88. The summed E-state index contributed by atoms with van der Waals surface area (Å²) in [6, 6.07) is 7.84. The van der Waals surface area contributed by atoms with E-state index in [0.29, 0.717) is 26.1 Å². The Labute approximate surface area is 125 Å². The Balaban J connectivity index is 2.05. The molecule has 1 aromatic rings. The number of benzene rings is 1. The van der Waals surface area contributed by atoms with Crippen molar-refractivity contribution in [3.63, 3.8) is 0 Å². The number of likely N-dealkylation sites (tertiary alicyclic amines) is 1. The number of β-amino-alcohol motifs (C(OH)–C–C–N with tert-alkyl or cyclic N) is 1. The van der Waals surface area contributed by atoms with Crippen LogP contribution in [-0.4, -0.2) is 57.5 Å². The van der Waals surface area contributed by atoms with Crippen LogP contribution in [0.15, 0.2) is 24.3 Å². The van der Waals surface area contributed by atoms with E-state index < -0.39 is 10.0 Å². The Hall–Kier alpha value is -1.15. The van der Waals surface area contributed by atoms with Crippen LogP contribution in [0.3, 0.4) is 0 Å². The Bertz CT molecular complexity index is 576. The van der Waals surface area contributed by atoms with Crippen molar-refractivity contribution in [1.29, 1.82) is 0 Å². The SMILES string of the molecule is COc1cccc(C2CC(O)CN2CCNS(C)(=O)=O)c1. The van der Waals surface area contributed by atoms with Crippen LogP contribution in [-0.2, 0) is 10.0 Å². The number of nitrogens with one attached hydrogen (secondary N) is 1. The Morgan fingerprint density at radius 3 is 2.90 bits per heavy atom. The molecule has 7 heteroatoms. The summed E-state index contributed by atoms with van der Waals surface area (Å²) in [5.41, 5.74) is 1.07. The Kier molecular flexibility index (Phi) is 5.21. The van der Waals surface area contributed by atoms with Crippen molar-refractivity contribution < 1.29 is 18.3 Å². The number of hydrogen-bond donors (Lipinski definition) is 2. The summed E-state index contributed by atoms with van der Waals surface area (Å²) in [5, 5.41) is 9.91. The molecule has 0 radical (unpaired) electrons. The molecule has 0 saturated carbocycles. The van der Waals surface area contributed by atoms with Gasteiger partial charge in [0.25, 0.3) is 0 Å². The summed E-state index contributed by atoms with van der Waals surface area (Å²) < 4.78 is 29.9. The minimum absolute atomic E-state index is 0.0801. The normalized spacial score (nSPS) is 23.4. The van der Waals surface area contributed by atoms with Crippen LogP contribution < -0.4 is 9.46 Å². The topological polar surface area (TPSA) is 78.9 Å². The van der Waals surface area contributed by atoms with Gasteiger partial charge < -0.3 is 9.84 Å². The van der Waals surface area contributed by atoms with Crippen LogP contribution in [0.25, 0.3) is 0 Å². The molecule has 1 aromatic carbocycles. The third-order valence-corrected chi connectivity index (χ3v) is 4.35. The van der Waals surface area contributed by atoms with Gasteiger partial charge in [-0.2, -0.15) is 0 Å². The van der Waals surface area contributed by atoms with Crippen molar-refractivity contribution in [1.82, 2.24) is 9.62 Å². The first-order valence-corrected chi connectivity index (χ1v) is 8.79. The predicted octanol–water partition coefficient (Wildman–Crippen LogP) is 0.352. The molecule has 118 valence electrons. The maximum Gasteiger partial charge on any atom is 0.208 e. The second-order valence-corrected chi connectivity index (χ2v) is 7.18. The lowest BCUT2D eigenvalue weighted by molar-refractivity contribution is 0.176. The van der Waals surface area contributed by atoms with E-state index in [1.54, 1.807) is 7.11 Å². The minimum atomic E-state index is -3.18. The molecule has 1 aliphatic rings. The lowest BCUT2D eigenvalue weighted by Crippen LogP contribution is -2.34. The summed E-state index contributed by atoms with van der Waals surface area (Å²) in [6.07, 6.45) is 1.40. The number of ether oxygens (including phenoxy) is 1. The molecule has 2 N–H and O–H groups in total. The van der Waals surface area contributed by atoms with Gasteiger partial charge in [-0.1, -0.05) is 12.1 Å². The van der Waals surface area contributed by atoms with Gasteiger partial charge in [0.05, 0.1) is 19.5 Å². The largest absolute Gasteiger partial charge is 0.497 e. The first-order chi connectivity index (χ1) is 9.89. The fourth-order valence-electron chi connectivity index (χ4n) is 2.70. The van der Waals surface area contributed by atoms with Crippen LogP contribution in [0.5, 0.6) is 5.75 Å². The van der Waals surface area contributed by atoms with Crippen LogP contribution in [0.2, 0.25) is 0 Å². The molecule has 1 heterocycles. The van der Waals surface area contributed by atoms with E-state index in [1.807, 2.05) is 24.3 Å². The minimum Gasteiger partial charge on any atom is -0.497 e. The molecule has 2 unspecified atom stereocenters. The number of rotatable bonds is 6. The van der Waals surface area contributed by atoms with E-state index in [-0.39, 0.29) is 12.1 Å². The van der Waals surface area contributed by atoms with E-state index in [4.69, 9.17) is 4.74 Å². The molecule has 0 amide bonds. The van der Waals surface area contributed by atoms with Crippen LogP contribution in [0.4, 0.5) is 0 Å². The first kappa shape index (κ1) is 16.2. The molecule has 1 aliphatic heterocycles. The summed E-state index contributed by atoms with van der Waals surface area (Å²) in [5.74, 6) is 0.781. The zero-order valence-corrected chi connectivity index (χ0v) is 13.1. The van der Waals surface area contributed by atoms with Crippen molar-refractivity contribution in [2.45, 2.75) is 18.6 Å². The molecular weight excluding hydrogens is 292 g/mol. The maximum absolute atomic E-state index is 11.1. The van der Waals surface area contributed by atoms with Crippen LogP contribution in [0, 0.1) is 0 Å². The standard InChI is InChI=1S/C14H22N2O4S/c1-20-13-5-3-4-11(8-13)14-9-12(17)10-16(14)7-6-15-21(2,18)19/h3-5,8,12,14-15,17H,6-7,9-10H2,1-2H3. The Morgan fingerprint density at radius 1 is 1.48 bits per heavy atom. The molecule has 21 heavy (non-hydrogen) atoms. The summed E-state index contributed by atoms with van der Waals surface area (Å²) in [6.45, 7) is 1.45. The monoisotopic (exact) mass is 314 g/mol. The van der Waals surface area contributed by atoms with Crippen molar-refractivity contribution in [2.75, 3.05) is 33.0 Å². The van der Waals surface area contributed by atoms with E-state index in [1.165, 1.54) is 0 Å². The van der Waals surface area contributed by atoms with Crippen molar-refractivity contribution in [2.24, 2.45) is 0 Å². The number of hydrogen-bond acceptors (Lipinski definition) is 5. The second-order valence-electron chi connectivity index (χ2n) is 5.34. The lowest BCUT2D eigenvalue weighted by atomic mass is 10.0. The van der Waals surface area contributed by atoms with Crippen molar-refractivity contribution >= 4 is 10.0 Å². The number of aliphatic hydroxyl groups excluding tert-OH is 1. The van der Waals surface area contributed by atoms with Gasteiger partial charge in [-0.05, 0) is 24.1 Å². The summed E-state index contributed by atoms with van der Waals surface area (Å²) in [7, 11) is -1.56. The van der Waals surface area contributed by atoms with Gasteiger partial charge >= 0.3 is 0 Å². The fourth-order valence-corrected chi connectivity index (χ4v) is 3.16. The number of aliphatic hydroxyl groups is 1. The maximum atomic E-state index is 11.1. The van der Waals surface area contributed by atoms with Gasteiger partial charge in [-0.25, -0.2) is 13.1 Å². The smallest absolute Gasteiger partial charge is 0.208 e. The summed E-state index contributed by atoms with van der Waals surface area (Å²) in [4.78, 5) is 2.09. The van der Waals surface area contributed by atoms with Crippen LogP contribution >= 0.6 is 0 Å². The van der Waals surface area contributed by atoms with Crippen LogP contribution in [0.1, 0.15) is 18.0 Å². The third-order valence-electron chi connectivity index (χ3n) is 3.62. The van der Waals surface area contributed by atoms with E-state index in [9.17, 15) is 13.5 Å². The van der Waals surface area contributed by atoms with Gasteiger partial charge in [0.1, 0.15) is 5.75 Å². The molecule has 0 aliphatic carbocycles. The molecule has 1 saturated heterocycles. The zero-order chi connectivity index (χ0) is 15.5. The zero-order valence-electron chi connectivity index (χ0n) is 12.3. The predicted molar refractivity (Wildman–Crippen MR) is 80.8 cm³/mol. The van der Waals surface area contributed by atoms with Gasteiger partial charge in [-0.15, -0.1) is 0 Å². The summed E-state index contributed by atoms with van der Waals surface area (Å²) >= 11 is 0. The Morgan fingerprint density at radius 2 is 2.24 bits per heavy atom. The average Bonchev–Trinajstić information content (AvgIpc) is 2.78. The highest BCUT2D eigenvalue weighted by Crippen LogP contribution is 2.33. The van der Waals surface area contributed by atoms with Crippen molar-refractivity contribution in [3.8, 4) is 5.75 Å². The highest BCUT2D eigenvalue weighted by Gasteiger charge is 2.31. The van der Waals surface area contributed by atoms with Gasteiger partial charge in [0.15, 0.2) is 0 Å². The average molecular weight is 314 g/mol. The molecule has 2 atom stereocenters. The second kappa shape index (κ2) is 6.74.